The Morgan fingerprint density at radius 2 is 1.79 bits per heavy atom. The lowest BCUT2D eigenvalue weighted by Gasteiger charge is -2.13. The molecule has 10 heteroatoms. The number of hydrogen-bond donors (Lipinski definition) is 1. The average Bonchev–Trinajstić information content (AvgIpc) is 3.21. The zero-order valence-electron chi connectivity index (χ0n) is 15.6. The molecule has 150 valence electrons. The fourth-order valence-corrected chi connectivity index (χ4v) is 3.04. The lowest BCUT2D eigenvalue weighted by Crippen LogP contribution is -2.24. The molecule has 1 atom stereocenters. The van der Waals surface area contributed by atoms with Crippen LogP contribution in [-0.4, -0.2) is 47.3 Å². The van der Waals surface area contributed by atoms with Gasteiger partial charge in [0.2, 0.25) is 15.8 Å². The predicted molar refractivity (Wildman–Crippen MR) is 105 cm³/mol. The summed E-state index contributed by atoms with van der Waals surface area (Å²) in [5, 5.41) is 4.05. The Balaban J connectivity index is 1.63. The average molecular weight is 414 g/mol. The Kier molecular flexibility index (Phi) is 5.74. The molecular weight excluding hydrogens is 396 g/mol. The molecule has 0 aliphatic carbocycles. The smallest absolute Gasteiger partial charge is 0.340 e. The monoisotopic (exact) mass is 414 g/mol. The molecule has 3 rings (SSSR count). The van der Waals surface area contributed by atoms with Crippen LogP contribution in [0.25, 0.3) is 5.82 Å². The second-order valence-electron chi connectivity index (χ2n) is 6.22. The number of nitrogens with one attached hydrogen (secondary N) is 1. The van der Waals surface area contributed by atoms with Gasteiger partial charge in [0.1, 0.15) is 0 Å². The molecule has 1 aromatic carbocycles. The lowest BCUT2D eigenvalue weighted by molar-refractivity contribution is 0.0318. The SMILES string of the molecule is CC(OC(=O)c1ccc(-n2cccn2)nc1)C(=O)c1ccc(NS(C)(=O)=O)cc1. The second kappa shape index (κ2) is 8.23. The molecule has 0 aliphatic rings. The number of rotatable bonds is 7. The second-order valence-corrected chi connectivity index (χ2v) is 7.97. The van der Waals surface area contributed by atoms with E-state index < -0.39 is 27.9 Å². The van der Waals surface area contributed by atoms with Crippen molar-refractivity contribution in [1.29, 1.82) is 0 Å². The van der Waals surface area contributed by atoms with E-state index in [4.69, 9.17) is 4.74 Å². The summed E-state index contributed by atoms with van der Waals surface area (Å²) < 4.78 is 31.5. The zero-order valence-corrected chi connectivity index (χ0v) is 16.5. The van der Waals surface area contributed by atoms with Crippen LogP contribution >= 0.6 is 0 Å². The molecule has 0 spiro atoms. The molecule has 9 nitrogen and oxygen atoms in total. The van der Waals surface area contributed by atoms with E-state index in [0.29, 0.717) is 11.5 Å². The third-order valence-corrected chi connectivity index (χ3v) is 4.45. The van der Waals surface area contributed by atoms with Crippen molar-refractivity contribution >= 4 is 27.5 Å². The number of esters is 1. The van der Waals surface area contributed by atoms with Crippen LogP contribution in [0.4, 0.5) is 5.69 Å². The van der Waals surface area contributed by atoms with Crippen LogP contribution in [-0.2, 0) is 14.8 Å². The summed E-state index contributed by atoms with van der Waals surface area (Å²) in [5.74, 6) is -0.551. The first-order valence-electron chi connectivity index (χ1n) is 8.52. The topological polar surface area (TPSA) is 120 Å². The number of nitrogens with zero attached hydrogens (tertiary/aromatic N) is 3. The van der Waals surface area contributed by atoms with Crippen LogP contribution in [0.1, 0.15) is 27.6 Å². The van der Waals surface area contributed by atoms with Gasteiger partial charge in [0.15, 0.2) is 11.9 Å². The minimum atomic E-state index is -3.41. The van der Waals surface area contributed by atoms with Crippen LogP contribution in [0.3, 0.4) is 0 Å². The van der Waals surface area contributed by atoms with Crippen molar-refractivity contribution in [1.82, 2.24) is 14.8 Å². The molecule has 29 heavy (non-hydrogen) atoms. The van der Waals surface area contributed by atoms with E-state index >= 15 is 0 Å². The van der Waals surface area contributed by atoms with Crippen LogP contribution in [0, 0.1) is 0 Å². The van der Waals surface area contributed by atoms with Crippen molar-refractivity contribution in [3.63, 3.8) is 0 Å². The van der Waals surface area contributed by atoms with Crippen LogP contribution < -0.4 is 4.72 Å². The number of anilines is 1. The summed E-state index contributed by atoms with van der Waals surface area (Å²) in [7, 11) is -3.41. The Bertz CT molecular complexity index is 1110. The summed E-state index contributed by atoms with van der Waals surface area (Å²) in [4.78, 5) is 28.9. The highest BCUT2D eigenvalue weighted by molar-refractivity contribution is 7.92. The number of sulfonamides is 1. The van der Waals surface area contributed by atoms with Gasteiger partial charge in [-0.3, -0.25) is 9.52 Å². The van der Waals surface area contributed by atoms with Crippen molar-refractivity contribution < 1.29 is 22.7 Å². The van der Waals surface area contributed by atoms with Crippen LogP contribution in [0.5, 0.6) is 0 Å². The van der Waals surface area contributed by atoms with Crippen LogP contribution in [0.2, 0.25) is 0 Å². The highest BCUT2D eigenvalue weighted by Crippen LogP contribution is 2.14. The van der Waals surface area contributed by atoms with E-state index in [9.17, 15) is 18.0 Å². The van der Waals surface area contributed by atoms with Gasteiger partial charge in [-0.05, 0) is 49.4 Å². The van der Waals surface area contributed by atoms with E-state index in [1.54, 1.807) is 29.2 Å². The van der Waals surface area contributed by atoms with Crippen LogP contribution in [0.15, 0.2) is 61.1 Å². The minimum absolute atomic E-state index is 0.202. The third kappa shape index (κ3) is 5.26. The Morgan fingerprint density at radius 1 is 1.10 bits per heavy atom. The van der Waals surface area contributed by atoms with Crippen molar-refractivity contribution in [3.05, 3.63) is 72.2 Å². The number of carbonyl (C=O) groups is 2. The number of ketones is 1. The van der Waals surface area contributed by atoms with E-state index in [1.807, 2.05) is 0 Å². The molecule has 0 amide bonds. The molecule has 1 unspecified atom stereocenters. The van der Waals surface area contributed by atoms with Crippen molar-refractivity contribution in [2.75, 3.05) is 11.0 Å². The van der Waals surface area contributed by atoms with E-state index in [2.05, 4.69) is 14.8 Å². The van der Waals surface area contributed by atoms with Gasteiger partial charge in [0, 0.05) is 29.8 Å². The molecular formula is C19H18N4O5S. The molecule has 1 N–H and O–H groups in total. The first kappa shape index (κ1) is 20.2. The molecule has 0 aliphatic heterocycles. The predicted octanol–water partition coefficient (Wildman–Crippen LogP) is 2.07. The normalized spacial score (nSPS) is 12.2. The molecule has 0 saturated carbocycles. The van der Waals surface area contributed by atoms with E-state index in [1.165, 1.54) is 43.5 Å². The van der Waals surface area contributed by atoms with Gasteiger partial charge in [-0.1, -0.05) is 0 Å². The fraction of sp³-hybridized carbons (Fsp3) is 0.158. The maximum Gasteiger partial charge on any atom is 0.340 e. The summed E-state index contributed by atoms with van der Waals surface area (Å²) in [6.45, 7) is 1.47. The molecule has 2 heterocycles. The lowest BCUT2D eigenvalue weighted by atomic mass is 10.1. The molecule has 0 bridgehead atoms. The summed E-state index contributed by atoms with van der Waals surface area (Å²) in [6.07, 6.45) is 4.69. The van der Waals surface area contributed by atoms with E-state index in [-0.39, 0.29) is 11.1 Å². The van der Waals surface area contributed by atoms with Gasteiger partial charge in [0.05, 0.1) is 11.8 Å². The Hall–Kier alpha value is -3.53. The first-order valence-corrected chi connectivity index (χ1v) is 10.4. The quantitative estimate of drug-likeness (QED) is 0.464. The highest BCUT2D eigenvalue weighted by atomic mass is 32.2. The maximum absolute atomic E-state index is 12.5. The molecule has 3 aromatic rings. The summed E-state index contributed by atoms with van der Waals surface area (Å²) in [6, 6.07) is 10.7. The van der Waals surface area contributed by atoms with Gasteiger partial charge in [-0.2, -0.15) is 5.10 Å². The van der Waals surface area contributed by atoms with Gasteiger partial charge in [-0.15, -0.1) is 0 Å². The number of Topliss-reactive ketones (excluding diaryl/α,β-unsaturated/α-hetero) is 1. The summed E-state index contributed by atoms with van der Waals surface area (Å²) in [5.41, 5.74) is 0.821. The van der Waals surface area contributed by atoms with Gasteiger partial charge >= 0.3 is 5.97 Å². The largest absolute Gasteiger partial charge is 0.451 e. The van der Waals surface area contributed by atoms with Crippen molar-refractivity contribution in [2.45, 2.75) is 13.0 Å². The standard InChI is InChI=1S/C19H18N4O5S/c1-13(18(24)14-4-7-16(8-5-14)22-29(2,26)27)28-19(25)15-6-9-17(20-12-15)23-11-3-10-21-23/h3-13,22H,1-2H3. The summed E-state index contributed by atoms with van der Waals surface area (Å²) >= 11 is 0. The minimum Gasteiger partial charge on any atom is -0.451 e. The Labute approximate surface area is 167 Å². The van der Waals surface area contributed by atoms with Gasteiger partial charge in [-0.25, -0.2) is 22.9 Å². The first-order chi connectivity index (χ1) is 13.7. The number of ether oxygens (including phenoxy) is 1. The molecule has 0 saturated heterocycles. The van der Waals surface area contributed by atoms with Gasteiger partial charge < -0.3 is 4.74 Å². The molecule has 0 radical (unpaired) electrons. The maximum atomic E-state index is 12.5. The van der Waals surface area contributed by atoms with Crippen molar-refractivity contribution in [2.24, 2.45) is 0 Å². The fourth-order valence-electron chi connectivity index (χ4n) is 2.48. The Morgan fingerprint density at radius 3 is 2.34 bits per heavy atom. The number of pyridine rings is 1. The molecule has 0 fully saturated rings. The zero-order chi connectivity index (χ0) is 21.0. The number of aromatic nitrogens is 3. The number of carbonyl (C=O) groups excluding carboxylic acids is 2. The third-order valence-electron chi connectivity index (χ3n) is 3.85. The highest BCUT2D eigenvalue weighted by Gasteiger charge is 2.21. The van der Waals surface area contributed by atoms with E-state index in [0.717, 1.165) is 6.26 Å². The molecule has 2 aromatic heterocycles. The number of benzene rings is 1. The van der Waals surface area contributed by atoms with Crippen molar-refractivity contribution in [3.8, 4) is 5.82 Å². The van der Waals surface area contributed by atoms with Gasteiger partial charge in [0.25, 0.3) is 0 Å². The number of hydrogen-bond acceptors (Lipinski definition) is 7.